The van der Waals surface area contributed by atoms with Gasteiger partial charge in [0, 0.05) is 13.0 Å². The van der Waals surface area contributed by atoms with Crippen molar-refractivity contribution in [3.05, 3.63) is 17.3 Å². The van der Waals surface area contributed by atoms with Crippen LogP contribution in [0.15, 0.2) is 0 Å². The molecule has 5 heteroatoms. The molecule has 16 heavy (non-hydrogen) atoms. The molecule has 0 unspecified atom stereocenters. The fourth-order valence-corrected chi connectivity index (χ4v) is 1.55. The molecule has 1 rings (SSSR count). The molecule has 4 nitrogen and oxygen atoms in total. The third kappa shape index (κ3) is 3.13. The van der Waals surface area contributed by atoms with Crippen molar-refractivity contribution in [3.8, 4) is 0 Å². The van der Waals surface area contributed by atoms with E-state index < -0.39 is 5.82 Å². The van der Waals surface area contributed by atoms with E-state index in [-0.39, 0.29) is 5.82 Å². The van der Waals surface area contributed by atoms with Crippen molar-refractivity contribution < 1.29 is 4.39 Å². The molecule has 1 aromatic heterocycles. The maximum Gasteiger partial charge on any atom is 0.186 e. The lowest BCUT2D eigenvalue weighted by Crippen LogP contribution is -2.26. The summed E-state index contributed by atoms with van der Waals surface area (Å²) in [4.78, 5) is 10.3. The van der Waals surface area contributed by atoms with Gasteiger partial charge in [-0.25, -0.2) is 14.4 Å². The molecule has 0 saturated heterocycles. The number of hydrogen-bond acceptors (Lipinski definition) is 4. The monoisotopic (exact) mass is 226 g/mol. The van der Waals surface area contributed by atoms with E-state index in [1.165, 1.54) is 0 Å². The normalized spacial score (nSPS) is 11.1. The third-order valence-corrected chi connectivity index (χ3v) is 2.63. The lowest BCUT2D eigenvalue weighted by atomic mass is 10.3. The minimum Gasteiger partial charge on any atom is -0.381 e. The van der Waals surface area contributed by atoms with Gasteiger partial charge in [0.2, 0.25) is 0 Å². The molecule has 0 saturated carbocycles. The van der Waals surface area contributed by atoms with E-state index in [1.807, 2.05) is 0 Å². The van der Waals surface area contributed by atoms with Gasteiger partial charge in [-0.1, -0.05) is 13.8 Å². The van der Waals surface area contributed by atoms with Crippen molar-refractivity contribution in [3.63, 3.8) is 0 Å². The number of hydrogen-bond donors (Lipinski definition) is 1. The van der Waals surface area contributed by atoms with Gasteiger partial charge in [0.15, 0.2) is 11.6 Å². The predicted octanol–water partition coefficient (Wildman–Crippen LogP) is 1.39. The van der Waals surface area contributed by atoms with Crippen LogP contribution in [0.3, 0.4) is 0 Å². The highest BCUT2D eigenvalue weighted by atomic mass is 19.1. The van der Waals surface area contributed by atoms with Crippen LogP contribution in [0.1, 0.15) is 25.4 Å². The van der Waals surface area contributed by atoms with Crippen LogP contribution in [0, 0.1) is 12.7 Å². The number of halogens is 1. The lowest BCUT2D eigenvalue weighted by Gasteiger charge is -2.17. The summed E-state index contributed by atoms with van der Waals surface area (Å²) in [5, 5.41) is 0. The summed E-state index contributed by atoms with van der Waals surface area (Å²) >= 11 is 0. The number of anilines is 1. The fraction of sp³-hybridized carbons (Fsp3) is 0.636. The maximum absolute atomic E-state index is 13.2. The summed E-state index contributed by atoms with van der Waals surface area (Å²) in [7, 11) is 0. The Hall–Kier alpha value is -1.23. The van der Waals surface area contributed by atoms with Crippen LogP contribution in [-0.4, -0.2) is 34.5 Å². The fourth-order valence-electron chi connectivity index (χ4n) is 1.55. The van der Waals surface area contributed by atoms with Crippen LogP contribution in [0.2, 0.25) is 0 Å². The standard InChI is InChI=1S/C11H19FN4/c1-4-16(5-2)7-6-9-14-8(3)10(12)11(13)15-9/h4-7H2,1-3H3,(H2,13,14,15). The van der Waals surface area contributed by atoms with E-state index in [1.54, 1.807) is 6.92 Å². The minimum atomic E-state index is -0.508. The highest BCUT2D eigenvalue weighted by Gasteiger charge is 2.09. The van der Waals surface area contributed by atoms with E-state index in [9.17, 15) is 4.39 Å². The van der Waals surface area contributed by atoms with Gasteiger partial charge >= 0.3 is 0 Å². The molecule has 0 fully saturated rings. The Kier molecular flexibility index (Phi) is 4.61. The topological polar surface area (TPSA) is 55.0 Å². The minimum absolute atomic E-state index is 0.0537. The lowest BCUT2D eigenvalue weighted by molar-refractivity contribution is 0.305. The molecule has 0 aliphatic carbocycles. The summed E-state index contributed by atoms with van der Waals surface area (Å²) in [5.74, 6) is 0.0527. The molecular formula is C11H19FN4. The highest BCUT2D eigenvalue weighted by molar-refractivity contribution is 5.31. The van der Waals surface area contributed by atoms with Crippen LogP contribution in [0.4, 0.5) is 10.2 Å². The molecule has 0 bridgehead atoms. The smallest absolute Gasteiger partial charge is 0.186 e. The Morgan fingerprint density at radius 3 is 2.38 bits per heavy atom. The maximum atomic E-state index is 13.2. The average Bonchev–Trinajstić information content (AvgIpc) is 2.27. The van der Waals surface area contributed by atoms with Gasteiger partial charge in [-0.05, 0) is 20.0 Å². The van der Waals surface area contributed by atoms with E-state index in [4.69, 9.17) is 5.73 Å². The van der Waals surface area contributed by atoms with Crippen LogP contribution in [-0.2, 0) is 6.42 Å². The second-order valence-electron chi connectivity index (χ2n) is 3.70. The molecule has 0 spiro atoms. The van der Waals surface area contributed by atoms with E-state index in [0.717, 1.165) is 19.6 Å². The van der Waals surface area contributed by atoms with Crippen molar-refractivity contribution in [2.24, 2.45) is 0 Å². The second-order valence-corrected chi connectivity index (χ2v) is 3.70. The van der Waals surface area contributed by atoms with Crippen LogP contribution in [0.25, 0.3) is 0 Å². The number of aromatic nitrogens is 2. The van der Waals surface area contributed by atoms with Crippen molar-refractivity contribution in [2.75, 3.05) is 25.4 Å². The zero-order chi connectivity index (χ0) is 12.1. The number of rotatable bonds is 5. The summed E-state index contributed by atoms with van der Waals surface area (Å²) in [6, 6.07) is 0. The molecule has 0 atom stereocenters. The molecule has 0 aromatic carbocycles. The Labute approximate surface area is 95.7 Å². The largest absolute Gasteiger partial charge is 0.381 e. The third-order valence-electron chi connectivity index (χ3n) is 2.63. The van der Waals surface area contributed by atoms with Crippen molar-refractivity contribution in [1.82, 2.24) is 14.9 Å². The number of likely N-dealkylation sites (N-methyl/N-ethyl adjacent to an activating group) is 1. The van der Waals surface area contributed by atoms with Gasteiger partial charge in [-0.2, -0.15) is 0 Å². The first-order valence-electron chi connectivity index (χ1n) is 5.59. The summed E-state index contributed by atoms with van der Waals surface area (Å²) < 4.78 is 13.2. The van der Waals surface area contributed by atoms with Crippen molar-refractivity contribution >= 4 is 5.82 Å². The summed E-state index contributed by atoms with van der Waals surface area (Å²) in [6.07, 6.45) is 0.701. The Morgan fingerprint density at radius 1 is 1.25 bits per heavy atom. The number of aryl methyl sites for hydroxylation is 1. The Morgan fingerprint density at radius 2 is 1.88 bits per heavy atom. The van der Waals surface area contributed by atoms with Crippen LogP contribution >= 0.6 is 0 Å². The first-order chi connectivity index (χ1) is 7.58. The van der Waals surface area contributed by atoms with Crippen LogP contribution < -0.4 is 5.73 Å². The first kappa shape index (κ1) is 12.8. The molecule has 0 aliphatic rings. The summed E-state index contributed by atoms with van der Waals surface area (Å²) in [5.41, 5.74) is 5.77. The number of nitrogens with two attached hydrogens (primary N) is 1. The van der Waals surface area contributed by atoms with E-state index in [0.29, 0.717) is 17.9 Å². The van der Waals surface area contributed by atoms with Gasteiger partial charge in [-0.3, -0.25) is 0 Å². The molecule has 1 heterocycles. The predicted molar refractivity (Wildman–Crippen MR) is 62.6 cm³/mol. The zero-order valence-electron chi connectivity index (χ0n) is 10.1. The van der Waals surface area contributed by atoms with Crippen LogP contribution in [0.5, 0.6) is 0 Å². The SMILES string of the molecule is CCN(CC)CCc1nc(C)c(F)c(N)n1. The first-order valence-corrected chi connectivity index (χ1v) is 5.59. The molecule has 0 aliphatic heterocycles. The molecule has 0 radical (unpaired) electrons. The van der Waals surface area contributed by atoms with E-state index in [2.05, 4.69) is 28.7 Å². The van der Waals surface area contributed by atoms with E-state index >= 15 is 0 Å². The molecule has 2 N–H and O–H groups in total. The molecule has 0 amide bonds. The summed E-state index contributed by atoms with van der Waals surface area (Å²) in [6.45, 7) is 8.67. The van der Waals surface area contributed by atoms with Gasteiger partial charge in [-0.15, -0.1) is 0 Å². The number of nitrogen functional groups attached to an aromatic ring is 1. The highest BCUT2D eigenvalue weighted by Crippen LogP contribution is 2.10. The average molecular weight is 226 g/mol. The Bertz CT molecular complexity index is 327. The quantitative estimate of drug-likeness (QED) is 0.824. The number of nitrogens with zero attached hydrogens (tertiary/aromatic N) is 3. The zero-order valence-corrected chi connectivity index (χ0v) is 10.1. The van der Waals surface area contributed by atoms with Gasteiger partial charge in [0.25, 0.3) is 0 Å². The Balaban J connectivity index is 2.68. The molecular weight excluding hydrogens is 207 g/mol. The van der Waals surface area contributed by atoms with Gasteiger partial charge in [0.05, 0.1) is 5.69 Å². The van der Waals surface area contributed by atoms with Crippen molar-refractivity contribution in [1.29, 1.82) is 0 Å². The molecule has 1 aromatic rings. The van der Waals surface area contributed by atoms with Crippen molar-refractivity contribution in [2.45, 2.75) is 27.2 Å². The van der Waals surface area contributed by atoms with Gasteiger partial charge in [0.1, 0.15) is 5.82 Å². The second kappa shape index (κ2) is 5.75. The van der Waals surface area contributed by atoms with Gasteiger partial charge < -0.3 is 10.6 Å². The molecule has 90 valence electrons.